The van der Waals surface area contributed by atoms with E-state index in [2.05, 4.69) is 63.2 Å². The van der Waals surface area contributed by atoms with Crippen molar-refractivity contribution in [2.45, 2.75) is 20.8 Å². The van der Waals surface area contributed by atoms with Crippen molar-refractivity contribution < 1.29 is 0 Å². The highest BCUT2D eigenvalue weighted by Crippen LogP contribution is 2.04. The van der Waals surface area contributed by atoms with E-state index in [0.29, 0.717) is 0 Å². The Morgan fingerprint density at radius 1 is 0.833 bits per heavy atom. The van der Waals surface area contributed by atoms with E-state index in [1.54, 1.807) is 0 Å². The monoisotopic (exact) mass is 273 g/mol. The predicted molar refractivity (Wildman–Crippen MR) is 82.8 cm³/mol. The maximum atomic E-state index is 6.24. The summed E-state index contributed by atoms with van der Waals surface area (Å²) in [7, 11) is -0.840. The standard InChI is InChI=1S/C16H18ClSi/c1-12-5-4-6-15(8-12)18(11-17)16-9-13(2)7-14(3)10-16/h4-10H,11H2,1-3H3. The SMILES string of the molecule is Cc1cccc([Si](CCl)c2cc(C)cc(C)c2)c1. The van der Waals surface area contributed by atoms with E-state index in [-0.39, 0.29) is 0 Å². The number of benzene rings is 2. The molecule has 0 atom stereocenters. The first kappa shape index (κ1) is 13.4. The zero-order valence-electron chi connectivity index (χ0n) is 11.1. The van der Waals surface area contributed by atoms with Crippen molar-refractivity contribution >= 4 is 30.8 Å². The molecule has 93 valence electrons. The van der Waals surface area contributed by atoms with Gasteiger partial charge in [0.05, 0.1) is 0 Å². The van der Waals surface area contributed by atoms with Gasteiger partial charge in [0, 0.05) is 5.50 Å². The highest BCUT2D eigenvalue weighted by molar-refractivity contribution is 6.89. The highest BCUT2D eigenvalue weighted by Gasteiger charge is 2.16. The fourth-order valence-electron chi connectivity index (χ4n) is 2.30. The van der Waals surface area contributed by atoms with Crippen LogP contribution in [-0.2, 0) is 0 Å². The fourth-order valence-corrected chi connectivity index (χ4v) is 5.37. The Morgan fingerprint density at radius 2 is 1.44 bits per heavy atom. The van der Waals surface area contributed by atoms with Crippen LogP contribution in [0.25, 0.3) is 0 Å². The normalized spacial score (nSPS) is 10.9. The third-order valence-corrected chi connectivity index (χ3v) is 6.13. The van der Waals surface area contributed by atoms with Crippen molar-refractivity contribution in [1.82, 2.24) is 0 Å². The maximum absolute atomic E-state index is 6.24. The Bertz CT molecular complexity index is 528. The zero-order valence-corrected chi connectivity index (χ0v) is 12.9. The molecule has 0 bridgehead atoms. The number of alkyl halides is 1. The van der Waals surface area contributed by atoms with E-state index >= 15 is 0 Å². The molecule has 2 rings (SSSR count). The zero-order chi connectivity index (χ0) is 13.1. The van der Waals surface area contributed by atoms with Crippen LogP contribution in [0.5, 0.6) is 0 Å². The van der Waals surface area contributed by atoms with E-state index in [1.807, 2.05) is 0 Å². The van der Waals surface area contributed by atoms with Crippen LogP contribution in [0.15, 0.2) is 42.5 Å². The summed E-state index contributed by atoms with van der Waals surface area (Å²) in [6.07, 6.45) is 0. The molecule has 2 aromatic carbocycles. The lowest BCUT2D eigenvalue weighted by Crippen LogP contribution is -2.44. The summed E-state index contributed by atoms with van der Waals surface area (Å²) in [6, 6.07) is 15.5. The smallest absolute Gasteiger partial charge is 0.130 e. The van der Waals surface area contributed by atoms with Gasteiger partial charge >= 0.3 is 0 Å². The van der Waals surface area contributed by atoms with Crippen LogP contribution in [0, 0.1) is 20.8 Å². The number of halogens is 1. The van der Waals surface area contributed by atoms with Crippen molar-refractivity contribution in [3.05, 3.63) is 59.2 Å². The van der Waals surface area contributed by atoms with Crippen LogP contribution in [0.3, 0.4) is 0 Å². The summed E-state index contributed by atoms with van der Waals surface area (Å²) in [4.78, 5) is 0. The van der Waals surface area contributed by atoms with Crippen LogP contribution in [0.1, 0.15) is 16.7 Å². The van der Waals surface area contributed by atoms with Gasteiger partial charge in [-0.05, 0) is 20.8 Å². The number of hydrogen-bond acceptors (Lipinski definition) is 0. The molecule has 0 spiro atoms. The molecular weight excluding hydrogens is 256 g/mol. The highest BCUT2D eigenvalue weighted by atomic mass is 35.5. The van der Waals surface area contributed by atoms with Gasteiger partial charge in [-0.2, -0.15) is 0 Å². The van der Waals surface area contributed by atoms with Gasteiger partial charge in [0.25, 0.3) is 0 Å². The largest absolute Gasteiger partial charge is 0.136 e. The molecule has 0 amide bonds. The number of rotatable bonds is 3. The maximum Gasteiger partial charge on any atom is 0.136 e. The lowest BCUT2D eigenvalue weighted by atomic mass is 10.2. The molecule has 0 aliphatic heterocycles. The molecule has 1 radical (unpaired) electrons. The molecule has 2 aromatic rings. The summed E-state index contributed by atoms with van der Waals surface area (Å²) < 4.78 is 0. The van der Waals surface area contributed by atoms with Gasteiger partial charge in [-0.15, -0.1) is 11.6 Å². The first-order valence-corrected chi connectivity index (χ1v) is 8.42. The van der Waals surface area contributed by atoms with Crippen molar-refractivity contribution in [2.24, 2.45) is 0 Å². The van der Waals surface area contributed by atoms with Gasteiger partial charge in [0.1, 0.15) is 8.80 Å². The van der Waals surface area contributed by atoms with Crippen molar-refractivity contribution in [2.75, 3.05) is 5.50 Å². The third-order valence-electron chi connectivity index (χ3n) is 3.07. The minimum atomic E-state index is -0.840. The van der Waals surface area contributed by atoms with Crippen LogP contribution in [0.4, 0.5) is 0 Å². The second-order valence-corrected chi connectivity index (χ2v) is 8.04. The molecule has 18 heavy (non-hydrogen) atoms. The van der Waals surface area contributed by atoms with E-state index in [1.165, 1.54) is 27.1 Å². The fraction of sp³-hybridized carbons (Fsp3) is 0.250. The van der Waals surface area contributed by atoms with Gasteiger partial charge in [-0.25, -0.2) is 0 Å². The third kappa shape index (κ3) is 3.04. The van der Waals surface area contributed by atoms with Crippen LogP contribution < -0.4 is 10.4 Å². The molecular formula is C16H18ClSi. The molecule has 0 nitrogen and oxygen atoms in total. The molecule has 0 heterocycles. The second kappa shape index (κ2) is 5.72. The lowest BCUT2D eigenvalue weighted by Gasteiger charge is -2.15. The number of aryl methyl sites for hydroxylation is 3. The number of hydrogen-bond donors (Lipinski definition) is 0. The molecule has 0 saturated heterocycles. The molecule has 0 fully saturated rings. The summed E-state index contributed by atoms with van der Waals surface area (Å²) >= 11 is 6.24. The molecule has 0 N–H and O–H groups in total. The van der Waals surface area contributed by atoms with Crippen molar-refractivity contribution in [3.8, 4) is 0 Å². The van der Waals surface area contributed by atoms with E-state index in [4.69, 9.17) is 11.6 Å². The Kier molecular flexibility index (Phi) is 4.26. The van der Waals surface area contributed by atoms with E-state index in [9.17, 15) is 0 Å². The summed E-state index contributed by atoms with van der Waals surface area (Å²) in [5.41, 5.74) is 4.68. The van der Waals surface area contributed by atoms with Gasteiger partial charge in [-0.3, -0.25) is 0 Å². The van der Waals surface area contributed by atoms with Gasteiger partial charge in [0.15, 0.2) is 0 Å². The minimum absolute atomic E-state index is 0.719. The Morgan fingerprint density at radius 3 is 2.00 bits per heavy atom. The van der Waals surface area contributed by atoms with Crippen molar-refractivity contribution in [1.29, 1.82) is 0 Å². The quantitative estimate of drug-likeness (QED) is 0.596. The van der Waals surface area contributed by atoms with E-state index in [0.717, 1.165) is 5.50 Å². The first-order valence-electron chi connectivity index (χ1n) is 6.17. The summed E-state index contributed by atoms with van der Waals surface area (Å²) in [5.74, 6) is 0. The second-order valence-electron chi connectivity index (χ2n) is 4.86. The minimum Gasteiger partial charge on any atom is -0.130 e. The topological polar surface area (TPSA) is 0 Å². The average molecular weight is 274 g/mol. The summed E-state index contributed by atoms with van der Waals surface area (Å²) in [6.45, 7) is 6.44. The average Bonchev–Trinajstić information content (AvgIpc) is 2.28. The molecule has 0 unspecified atom stereocenters. The van der Waals surface area contributed by atoms with Crippen molar-refractivity contribution in [3.63, 3.8) is 0 Å². The van der Waals surface area contributed by atoms with Gasteiger partial charge < -0.3 is 0 Å². The van der Waals surface area contributed by atoms with Gasteiger partial charge in [-0.1, -0.05) is 69.5 Å². The summed E-state index contributed by atoms with van der Waals surface area (Å²) in [5, 5.41) is 2.82. The van der Waals surface area contributed by atoms with E-state index < -0.39 is 8.80 Å². The van der Waals surface area contributed by atoms with Gasteiger partial charge in [0.2, 0.25) is 0 Å². The molecule has 2 heteroatoms. The molecule has 0 aliphatic carbocycles. The lowest BCUT2D eigenvalue weighted by molar-refractivity contribution is 1.40. The molecule has 0 saturated carbocycles. The first-order chi connectivity index (χ1) is 8.60. The molecule has 0 aliphatic rings. The van der Waals surface area contributed by atoms with Crippen LogP contribution in [-0.4, -0.2) is 14.3 Å². The van der Waals surface area contributed by atoms with Crippen LogP contribution >= 0.6 is 11.6 Å². The Hall–Kier alpha value is -1.05. The Labute approximate surface area is 116 Å². The Balaban J connectivity index is 2.45. The predicted octanol–water partition coefficient (Wildman–Crippen LogP) is 3.00. The van der Waals surface area contributed by atoms with Crippen LogP contribution in [0.2, 0.25) is 0 Å². The molecule has 0 aromatic heterocycles.